The molecule has 3 aromatic rings. The second-order valence-electron chi connectivity index (χ2n) is 5.37. The Morgan fingerprint density at radius 3 is 2.32 bits per heavy atom. The third-order valence-electron chi connectivity index (χ3n) is 3.56. The van der Waals surface area contributed by atoms with Gasteiger partial charge < -0.3 is 5.32 Å². The molecule has 0 aliphatic rings. The predicted molar refractivity (Wildman–Crippen MR) is 87.1 cm³/mol. The monoisotopic (exact) mass is 293 g/mol. The summed E-state index contributed by atoms with van der Waals surface area (Å²) in [6.45, 7) is 6.16. The number of benzene rings is 1. The summed E-state index contributed by atoms with van der Waals surface area (Å²) >= 11 is 0. The fourth-order valence-corrected chi connectivity index (χ4v) is 2.45. The van der Waals surface area contributed by atoms with Crippen LogP contribution in [0.5, 0.6) is 0 Å². The van der Waals surface area contributed by atoms with Crippen LogP contribution in [-0.2, 0) is 0 Å². The quantitative estimate of drug-likeness (QED) is 0.800. The van der Waals surface area contributed by atoms with Crippen LogP contribution in [-0.4, -0.2) is 19.7 Å². The first-order valence-corrected chi connectivity index (χ1v) is 7.30. The van der Waals surface area contributed by atoms with Crippen LogP contribution >= 0.6 is 0 Å². The molecule has 0 amide bonds. The van der Waals surface area contributed by atoms with Gasteiger partial charge in [0.05, 0.1) is 17.4 Å². The highest BCUT2D eigenvalue weighted by Crippen LogP contribution is 2.19. The summed E-state index contributed by atoms with van der Waals surface area (Å²) in [7, 11) is 0. The van der Waals surface area contributed by atoms with E-state index in [1.807, 2.05) is 11.6 Å². The van der Waals surface area contributed by atoms with Crippen molar-refractivity contribution in [2.75, 3.05) is 5.32 Å². The Kier molecular flexibility index (Phi) is 3.87. The topological polar surface area (TPSA) is 55.6 Å². The van der Waals surface area contributed by atoms with E-state index in [9.17, 15) is 0 Å². The molecule has 0 unspecified atom stereocenters. The summed E-state index contributed by atoms with van der Waals surface area (Å²) in [5.41, 5.74) is 4.40. The number of hydrogen-bond donors (Lipinski definition) is 1. The van der Waals surface area contributed by atoms with Gasteiger partial charge in [0, 0.05) is 18.1 Å². The van der Waals surface area contributed by atoms with Crippen LogP contribution in [0.2, 0.25) is 0 Å². The van der Waals surface area contributed by atoms with Gasteiger partial charge >= 0.3 is 0 Å². The minimum absolute atomic E-state index is 0.136. The lowest BCUT2D eigenvalue weighted by Crippen LogP contribution is -2.09. The van der Waals surface area contributed by atoms with Crippen molar-refractivity contribution in [1.82, 2.24) is 19.7 Å². The molecule has 2 aromatic heterocycles. The van der Waals surface area contributed by atoms with Crippen molar-refractivity contribution in [1.29, 1.82) is 0 Å². The van der Waals surface area contributed by atoms with E-state index in [1.165, 1.54) is 5.56 Å². The number of anilines is 1. The molecule has 0 saturated heterocycles. The SMILES string of the molecule is Cc1cc(C)n(-c2ccc([C@@H](C)Nc3ncccn3)cc2)n1. The third kappa shape index (κ3) is 2.98. The van der Waals surface area contributed by atoms with Gasteiger partial charge in [0.1, 0.15) is 0 Å². The van der Waals surface area contributed by atoms with Crippen LogP contribution < -0.4 is 5.32 Å². The molecule has 112 valence electrons. The number of hydrogen-bond acceptors (Lipinski definition) is 4. The molecule has 22 heavy (non-hydrogen) atoms. The van der Waals surface area contributed by atoms with Gasteiger partial charge in [0.25, 0.3) is 0 Å². The molecule has 1 atom stereocenters. The van der Waals surface area contributed by atoms with Gasteiger partial charge in [-0.2, -0.15) is 5.10 Å². The van der Waals surface area contributed by atoms with E-state index in [-0.39, 0.29) is 6.04 Å². The predicted octanol–water partition coefficient (Wildman–Crippen LogP) is 3.45. The average Bonchev–Trinajstić information content (AvgIpc) is 2.87. The maximum absolute atomic E-state index is 4.50. The molecule has 2 heterocycles. The molecule has 5 nitrogen and oxygen atoms in total. The third-order valence-corrected chi connectivity index (χ3v) is 3.56. The molecule has 3 rings (SSSR count). The van der Waals surface area contributed by atoms with Crippen LogP contribution in [0.4, 0.5) is 5.95 Å². The highest BCUT2D eigenvalue weighted by Gasteiger charge is 2.08. The number of aryl methyl sites for hydroxylation is 2. The van der Waals surface area contributed by atoms with Crippen molar-refractivity contribution in [3.8, 4) is 5.69 Å². The summed E-state index contributed by atoms with van der Waals surface area (Å²) in [6.07, 6.45) is 3.46. The Bertz CT molecular complexity index is 746. The standard InChI is InChI=1S/C17H19N5/c1-12-11-13(2)22(21-12)16-7-5-15(6-8-16)14(3)20-17-18-9-4-10-19-17/h4-11,14H,1-3H3,(H,18,19,20)/t14-/m1/s1. The van der Waals surface area contributed by atoms with Gasteiger partial charge in [-0.25, -0.2) is 14.6 Å². The van der Waals surface area contributed by atoms with Crippen molar-refractivity contribution in [3.05, 3.63) is 65.7 Å². The Morgan fingerprint density at radius 1 is 1.05 bits per heavy atom. The number of nitrogens with zero attached hydrogens (tertiary/aromatic N) is 4. The van der Waals surface area contributed by atoms with Gasteiger partial charge in [-0.3, -0.25) is 0 Å². The molecule has 1 aromatic carbocycles. The Balaban J connectivity index is 1.78. The van der Waals surface area contributed by atoms with E-state index >= 15 is 0 Å². The lowest BCUT2D eigenvalue weighted by atomic mass is 10.1. The van der Waals surface area contributed by atoms with Gasteiger partial charge in [-0.05, 0) is 50.6 Å². The summed E-state index contributed by atoms with van der Waals surface area (Å²) < 4.78 is 1.96. The van der Waals surface area contributed by atoms with Crippen molar-refractivity contribution < 1.29 is 0 Å². The van der Waals surface area contributed by atoms with Crippen LogP contribution in [0.3, 0.4) is 0 Å². The molecule has 1 N–H and O–H groups in total. The molecule has 0 aliphatic carbocycles. The fourth-order valence-electron chi connectivity index (χ4n) is 2.45. The van der Waals surface area contributed by atoms with E-state index in [1.54, 1.807) is 18.5 Å². The van der Waals surface area contributed by atoms with Crippen LogP contribution in [0.25, 0.3) is 5.69 Å². The first-order valence-electron chi connectivity index (χ1n) is 7.30. The highest BCUT2D eigenvalue weighted by atomic mass is 15.3. The molecule has 0 spiro atoms. The van der Waals surface area contributed by atoms with E-state index in [0.29, 0.717) is 5.95 Å². The van der Waals surface area contributed by atoms with Crippen molar-refractivity contribution in [2.45, 2.75) is 26.8 Å². The first kappa shape index (κ1) is 14.3. The van der Waals surface area contributed by atoms with E-state index < -0.39 is 0 Å². The van der Waals surface area contributed by atoms with Gasteiger partial charge in [-0.1, -0.05) is 12.1 Å². The maximum Gasteiger partial charge on any atom is 0.223 e. The average molecular weight is 293 g/mol. The molecule has 0 bridgehead atoms. The first-order chi connectivity index (χ1) is 10.6. The minimum Gasteiger partial charge on any atom is -0.348 e. The molecular formula is C17H19N5. The zero-order chi connectivity index (χ0) is 15.5. The normalized spacial score (nSPS) is 12.1. The Morgan fingerprint density at radius 2 is 1.73 bits per heavy atom. The molecule has 5 heteroatoms. The van der Waals surface area contributed by atoms with E-state index in [2.05, 4.69) is 64.6 Å². The number of aromatic nitrogens is 4. The maximum atomic E-state index is 4.50. The largest absolute Gasteiger partial charge is 0.348 e. The summed E-state index contributed by atoms with van der Waals surface area (Å²) in [5.74, 6) is 0.637. The smallest absolute Gasteiger partial charge is 0.223 e. The minimum atomic E-state index is 0.136. The lowest BCUT2D eigenvalue weighted by Gasteiger charge is -2.14. The fraction of sp³-hybridized carbons (Fsp3) is 0.235. The Hall–Kier alpha value is -2.69. The highest BCUT2D eigenvalue weighted by molar-refractivity contribution is 5.39. The van der Waals surface area contributed by atoms with E-state index in [4.69, 9.17) is 0 Å². The van der Waals surface area contributed by atoms with Crippen LogP contribution in [0, 0.1) is 13.8 Å². The molecule has 0 aliphatic heterocycles. The number of nitrogens with one attached hydrogen (secondary N) is 1. The summed E-state index contributed by atoms with van der Waals surface area (Å²) in [4.78, 5) is 8.37. The summed E-state index contributed by atoms with van der Waals surface area (Å²) in [6, 6.07) is 12.4. The second kappa shape index (κ2) is 5.97. The lowest BCUT2D eigenvalue weighted by molar-refractivity contribution is 0.826. The molecule has 0 fully saturated rings. The number of rotatable bonds is 4. The van der Waals surface area contributed by atoms with Gasteiger partial charge in [-0.15, -0.1) is 0 Å². The van der Waals surface area contributed by atoms with Crippen molar-refractivity contribution >= 4 is 5.95 Å². The van der Waals surface area contributed by atoms with Crippen molar-refractivity contribution in [2.24, 2.45) is 0 Å². The van der Waals surface area contributed by atoms with Crippen LogP contribution in [0.1, 0.15) is 29.9 Å². The molecule has 0 radical (unpaired) electrons. The molecule has 0 saturated carbocycles. The van der Waals surface area contributed by atoms with Crippen molar-refractivity contribution in [3.63, 3.8) is 0 Å². The zero-order valence-electron chi connectivity index (χ0n) is 13.0. The second-order valence-corrected chi connectivity index (χ2v) is 5.37. The van der Waals surface area contributed by atoms with E-state index in [0.717, 1.165) is 17.1 Å². The summed E-state index contributed by atoms with van der Waals surface area (Å²) in [5, 5.41) is 7.79. The van der Waals surface area contributed by atoms with Crippen LogP contribution in [0.15, 0.2) is 48.8 Å². The zero-order valence-corrected chi connectivity index (χ0v) is 13.0. The van der Waals surface area contributed by atoms with Gasteiger partial charge in [0.15, 0.2) is 0 Å². The molecular weight excluding hydrogens is 274 g/mol. The van der Waals surface area contributed by atoms with Gasteiger partial charge in [0.2, 0.25) is 5.95 Å². The Labute approximate surface area is 130 Å².